The van der Waals surface area contributed by atoms with Crippen LogP contribution in [0.3, 0.4) is 0 Å². The van der Waals surface area contributed by atoms with E-state index in [-0.39, 0.29) is 17.2 Å². The van der Waals surface area contributed by atoms with E-state index in [1.54, 1.807) is 22.8 Å². The number of carbonyl (C=O) groups excluding carboxylic acids is 1. The van der Waals surface area contributed by atoms with E-state index in [1.807, 2.05) is 24.3 Å². The smallest absolute Gasteiger partial charge is 0.246 e. The van der Waals surface area contributed by atoms with E-state index in [0.29, 0.717) is 31.0 Å². The Bertz CT molecular complexity index is 976. The summed E-state index contributed by atoms with van der Waals surface area (Å²) < 4.78 is 29.3. The van der Waals surface area contributed by atoms with Crippen LogP contribution in [0.4, 0.5) is 5.69 Å². The van der Waals surface area contributed by atoms with Gasteiger partial charge in [-0.05, 0) is 50.8 Å². The number of nitrogens with zero attached hydrogens (tertiary/aromatic N) is 3. The Hall–Kier alpha value is -2.19. The van der Waals surface area contributed by atoms with Crippen molar-refractivity contribution in [2.45, 2.75) is 64.3 Å². The molecule has 0 spiro atoms. The number of sulfonamides is 1. The molecule has 158 valence electrons. The summed E-state index contributed by atoms with van der Waals surface area (Å²) in [4.78, 5) is 12.6. The zero-order chi connectivity index (χ0) is 21.0. The minimum Gasteiger partial charge on any atom is -0.326 e. The lowest BCUT2D eigenvalue weighted by molar-refractivity contribution is -0.116. The number of piperidine rings is 1. The summed E-state index contributed by atoms with van der Waals surface area (Å²) in [5.41, 5.74) is 3.02. The van der Waals surface area contributed by atoms with Crippen LogP contribution in [0, 0.1) is 13.8 Å². The topological polar surface area (TPSA) is 84.3 Å². The van der Waals surface area contributed by atoms with E-state index in [0.717, 1.165) is 36.9 Å². The molecule has 1 saturated heterocycles. The fraction of sp³-hybridized carbons (Fsp3) is 0.524. The average Bonchev–Trinajstić information content (AvgIpc) is 3.01. The number of carbonyl (C=O) groups is 1. The Morgan fingerprint density at radius 1 is 1.17 bits per heavy atom. The van der Waals surface area contributed by atoms with Gasteiger partial charge in [0.15, 0.2) is 0 Å². The zero-order valence-corrected chi connectivity index (χ0v) is 18.3. The van der Waals surface area contributed by atoms with E-state index in [9.17, 15) is 13.2 Å². The van der Waals surface area contributed by atoms with Gasteiger partial charge in [-0.25, -0.2) is 8.42 Å². The number of benzene rings is 1. The number of hydrogen-bond acceptors (Lipinski definition) is 4. The third-order valence-electron chi connectivity index (χ3n) is 5.40. The minimum absolute atomic E-state index is 0.119. The highest BCUT2D eigenvalue weighted by Gasteiger charge is 2.31. The molecule has 8 heteroatoms. The first-order valence-electron chi connectivity index (χ1n) is 10.3. The summed E-state index contributed by atoms with van der Waals surface area (Å²) in [5, 5.41) is 7.31. The van der Waals surface area contributed by atoms with Crippen molar-refractivity contribution in [3.05, 3.63) is 41.2 Å². The molecular weight excluding hydrogens is 388 g/mol. The molecule has 0 saturated carbocycles. The summed E-state index contributed by atoms with van der Waals surface area (Å²) in [5.74, 6) is -0.119. The standard InChI is InChI=1S/C21H30N4O3S/c1-4-18-9-8-10-19(15-18)22-20(26)11-14-25-17(3)21(16(2)23-25)29(27,28)24-12-6-5-7-13-24/h8-10,15H,4-7,11-14H2,1-3H3,(H,22,26). The number of amides is 1. The largest absolute Gasteiger partial charge is 0.326 e. The predicted molar refractivity (Wildman–Crippen MR) is 113 cm³/mol. The number of aromatic nitrogens is 2. The Balaban J connectivity index is 1.69. The van der Waals surface area contributed by atoms with Crippen LogP contribution in [0.5, 0.6) is 0 Å². The molecule has 1 aliphatic rings. The molecule has 1 aliphatic heterocycles. The molecule has 0 atom stereocenters. The first kappa shape index (κ1) is 21.5. The SMILES string of the molecule is CCc1cccc(NC(=O)CCn2nc(C)c(S(=O)(=O)N3CCCCC3)c2C)c1. The molecule has 2 aromatic rings. The number of anilines is 1. The van der Waals surface area contributed by atoms with E-state index in [1.165, 1.54) is 0 Å². The number of hydrogen-bond donors (Lipinski definition) is 1. The van der Waals surface area contributed by atoms with Crippen LogP contribution >= 0.6 is 0 Å². The minimum atomic E-state index is -3.55. The van der Waals surface area contributed by atoms with Crippen molar-refractivity contribution in [1.82, 2.24) is 14.1 Å². The summed E-state index contributed by atoms with van der Waals surface area (Å²) in [6.07, 6.45) is 3.99. The van der Waals surface area contributed by atoms with Gasteiger partial charge in [-0.2, -0.15) is 9.40 Å². The summed E-state index contributed by atoms with van der Waals surface area (Å²) in [6.45, 7) is 7.01. The fourth-order valence-electron chi connectivity index (χ4n) is 3.81. The van der Waals surface area contributed by atoms with E-state index in [2.05, 4.69) is 17.3 Å². The van der Waals surface area contributed by atoms with Gasteiger partial charge in [-0.15, -0.1) is 0 Å². The summed E-state index contributed by atoms with van der Waals surface area (Å²) >= 11 is 0. The van der Waals surface area contributed by atoms with Crippen LogP contribution in [-0.4, -0.2) is 41.5 Å². The lowest BCUT2D eigenvalue weighted by Gasteiger charge is -2.26. The van der Waals surface area contributed by atoms with Gasteiger partial charge in [0, 0.05) is 25.2 Å². The number of rotatable bonds is 7. The molecule has 3 rings (SSSR count). The number of nitrogens with one attached hydrogen (secondary N) is 1. The summed E-state index contributed by atoms with van der Waals surface area (Å²) in [7, 11) is -3.55. The fourth-order valence-corrected chi connectivity index (χ4v) is 5.70. The molecule has 1 N–H and O–H groups in total. The molecule has 1 aromatic heterocycles. The third-order valence-corrected chi connectivity index (χ3v) is 7.55. The molecule has 1 amide bonds. The highest BCUT2D eigenvalue weighted by atomic mass is 32.2. The van der Waals surface area contributed by atoms with Crippen LogP contribution in [-0.2, 0) is 27.8 Å². The van der Waals surface area contributed by atoms with Crippen LogP contribution in [0.25, 0.3) is 0 Å². The third kappa shape index (κ3) is 4.87. The lowest BCUT2D eigenvalue weighted by atomic mass is 10.1. The first-order chi connectivity index (χ1) is 13.8. The first-order valence-corrected chi connectivity index (χ1v) is 11.7. The van der Waals surface area contributed by atoms with Crippen molar-refractivity contribution in [2.75, 3.05) is 18.4 Å². The maximum atomic E-state index is 13.1. The Labute approximate surface area is 173 Å². The zero-order valence-electron chi connectivity index (χ0n) is 17.4. The van der Waals surface area contributed by atoms with Gasteiger partial charge in [-0.3, -0.25) is 9.48 Å². The Morgan fingerprint density at radius 3 is 2.59 bits per heavy atom. The van der Waals surface area contributed by atoms with Crippen molar-refractivity contribution in [1.29, 1.82) is 0 Å². The molecule has 0 bridgehead atoms. The lowest BCUT2D eigenvalue weighted by Crippen LogP contribution is -2.36. The van der Waals surface area contributed by atoms with Crippen molar-refractivity contribution in [3.63, 3.8) is 0 Å². The predicted octanol–water partition coefficient (Wildman–Crippen LogP) is 3.27. The molecule has 0 aliphatic carbocycles. The Kier molecular flexibility index (Phi) is 6.74. The molecule has 7 nitrogen and oxygen atoms in total. The van der Waals surface area contributed by atoms with Crippen LogP contribution < -0.4 is 5.32 Å². The molecular formula is C21H30N4O3S. The van der Waals surface area contributed by atoms with E-state index >= 15 is 0 Å². The maximum Gasteiger partial charge on any atom is 0.246 e. The molecule has 1 aromatic carbocycles. The second kappa shape index (κ2) is 9.09. The summed E-state index contributed by atoms with van der Waals surface area (Å²) in [6, 6.07) is 7.78. The maximum absolute atomic E-state index is 13.1. The average molecular weight is 419 g/mol. The monoisotopic (exact) mass is 418 g/mol. The highest BCUT2D eigenvalue weighted by molar-refractivity contribution is 7.89. The van der Waals surface area contributed by atoms with Gasteiger partial charge in [-0.1, -0.05) is 25.5 Å². The second-order valence-corrected chi connectivity index (χ2v) is 9.41. The van der Waals surface area contributed by atoms with Gasteiger partial charge < -0.3 is 5.32 Å². The number of aryl methyl sites for hydroxylation is 3. The quantitative estimate of drug-likeness (QED) is 0.748. The second-order valence-electron chi connectivity index (χ2n) is 7.54. The van der Waals surface area contributed by atoms with Crippen LogP contribution in [0.15, 0.2) is 29.2 Å². The highest BCUT2D eigenvalue weighted by Crippen LogP contribution is 2.26. The van der Waals surface area contributed by atoms with Crippen LogP contribution in [0.2, 0.25) is 0 Å². The van der Waals surface area contributed by atoms with Crippen LogP contribution in [0.1, 0.15) is 49.6 Å². The molecule has 29 heavy (non-hydrogen) atoms. The van der Waals surface area contributed by atoms with E-state index < -0.39 is 10.0 Å². The van der Waals surface area contributed by atoms with Crippen molar-refractivity contribution in [2.24, 2.45) is 0 Å². The van der Waals surface area contributed by atoms with Crippen molar-refractivity contribution >= 4 is 21.6 Å². The van der Waals surface area contributed by atoms with Crippen molar-refractivity contribution < 1.29 is 13.2 Å². The van der Waals surface area contributed by atoms with Gasteiger partial charge in [0.05, 0.1) is 17.9 Å². The van der Waals surface area contributed by atoms with Gasteiger partial charge >= 0.3 is 0 Å². The van der Waals surface area contributed by atoms with E-state index in [4.69, 9.17) is 0 Å². The molecule has 0 radical (unpaired) electrons. The van der Waals surface area contributed by atoms with Gasteiger partial charge in [0.2, 0.25) is 15.9 Å². The van der Waals surface area contributed by atoms with Gasteiger partial charge in [0.25, 0.3) is 0 Å². The molecule has 0 unspecified atom stereocenters. The Morgan fingerprint density at radius 2 is 1.90 bits per heavy atom. The molecule has 2 heterocycles. The van der Waals surface area contributed by atoms with Crippen molar-refractivity contribution in [3.8, 4) is 0 Å². The molecule has 1 fully saturated rings. The normalized spacial score (nSPS) is 15.4. The van der Waals surface area contributed by atoms with Gasteiger partial charge in [0.1, 0.15) is 4.90 Å².